The second-order valence-corrected chi connectivity index (χ2v) is 7.41. The van der Waals surface area contributed by atoms with E-state index in [1.165, 1.54) is 6.92 Å². The van der Waals surface area contributed by atoms with Crippen molar-refractivity contribution in [2.45, 2.75) is 64.2 Å². The summed E-state index contributed by atoms with van der Waals surface area (Å²) in [7, 11) is 0. The molecule has 0 saturated heterocycles. The van der Waals surface area contributed by atoms with Crippen LogP contribution in [0.2, 0.25) is 0 Å². The maximum Gasteiger partial charge on any atom is 0.325 e. The van der Waals surface area contributed by atoms with Crippen molar-refractivity contribution in [3.05, 3.63) is 0 Å². The highest BCUT2D eigenvalue weighted by molar-refractivity contribution is 7.80. The predicted molar refractivity (Wildman–Crippen MR) is 107 cm³/mol. The zero-order chi connectivity index (χ0) is 22.7. The first-order valence-corrected chi connectivity index (χ1v) is 9.74. The number of amides is 3. The van der Waals surface area contributed by atoms with Gasteiger partial charge < -0.3 is 31.9 Å². The lowest BCUT2D eigenvalue weighted by molar-refractivity contribution is -0.142. The van der Waals surface area contributed by atoms with Crippen molar-refractivity contribution in [3.8, 4) is 0 Å². The molecular formula is C17H30N4O7S. The number of hydrogen-bond acceptors (Lipinski definition) is 7. The Kier molecular flexibility index (Phi) is 11.9. The van der Waals surface area contributed by atoms with Gasteiger partial charge in [-0.3, -0.25) is 24.0 Å². The molecule has 0 aromatic carbocycles. The molecule has 0 bridgehead atoms. The predicted octanol–water partition coefficient (Wildman–Crippen LogP) is -1.29. The molecule has 0 aliphatic rings. The molecule has 11 nitrogen and oxygen atoms in total. The summed E-state index contributed by atoms with van der Waals surface area (Å²) in [4.78, 5) is 58.6. The van der Waals surface area contributed by atoms with Gasteiger partial charge in [0.2, 0.25) is 17.7 Å². The first kappa shape index (κ1) is 26.7. The molecule has 0 spiro atoms. The average Bonchev–Trinajstić information content (AvgIpc) is 2.61. The standard InChI is InChI=1S/C17H30N4O7S/c1-8(2)6-10(18)14(24)21-12(7-29)16(26)20-11(4-5-13(22)23)15(25)19-9(3)17(27)28/h8-12,29H,4-7,18H2,1-3H3,(H,19,25)(H,20,26)(H,21,24)(H,22,23)(H,27,28). The molecule has 166 valence electrons. The molecule has 0 heterocycles. The van der Waals surface area contributed by atoms with Crippen LogP contribution in [-0.4, -0.2) is 69.8 Å². The average molecular weight is 435 g/mol. The van der Waals surface area contributed by atoms with Crippen LogP contribution in [0.15, 0.2) is 0 Å². The molecule has 0 aromatic heterocycles. The van der Waals surface area contributed by atoms with Gasteiger partial charge in [-0.05, 0) is 25.7 Å². The molecule has 0 radical (unpaired) electrons. The quantitative estimate of drug-likeness (QED) is 0.174. The first-order valence-electron chi connectivity index (χ1n) is 9.11. The van der Waals surface area contributed by atoms with E-state index >= 15 is 0 Å². The SMILES string of the molecule is CC(C)CC(N)C(=O)NC(CS)C(=O)NC(CCC(=O)O)C(=O)NC(C)C(=O)O. The Labute approximate surface area is 174 Å². The van der Waals surface area contributed by atoms with E-state index in [1.54, 1.807) is 0 Å². The molecule has 4 atom stereocenters. The van der Waals surface area contributed by atoms with Gasteiger partial charge in [-0.2, -0.15) is 12.6 Å². The summed E-state index contributed by atoms with van der Waals surface area (Å²) in [5.41, 5.74) is 5.78. The minimum absolute atomic E-state index is 0.0925. The van der Waals surface area contributed by atoms with Crippen LogP contribution < -0.4 is 21.7 Å². The fourth-order valence-electron chi connectivity index (χ4n) is 2.27. The van der Waals surface area contributed by atoms with Gasteiger partial charge in [-0.1, -0.05) is 13.8 Å². The summed E-state index contributed by atoms with van der Waals surface area (Å²) in [5.74, 6) is -4.58. The molecular weight excluding hydrogens is 404 g/mol. The molecule has 7 N–H and O–H groups in total. The first-order chi connectivity index (χ1) is 13.4. The van der Waals surface area contributed by atoms with E-state index in [0.717, 1.165) is 0 Å². The monoisotopic (exact) mass is 434 g/mol. The molecule has 0 saturated carbocycles. The van der Waals surface area contributed by atoms with Gasteiger partial charge in [-0.25, -0.2) is 0 Å². The van der Waals surface area contributed by atoms with Crippen LogP contribution in [0, 0.1) is 5.92 Å². The Morgan fingerprint density at radius 1 is 0.897 bits per heavy atom. The van der Waals surface area contributed by atoms with E-state index < -0.39 is 60.2 Å². The third kappa shape index (κ3) is 10.7. The summed E-state index contributed by atoms with van der Waals surface area (Å²) >= 11 is 4.02. The number of carboxylic acids is 2. The van der Waals surface area contributed by atoms with E-state index in [1.807, 2.05) is 13.8 Å². The number of carbonyl (C=O) groups is 5. The molecule has 3 amide bonds. The molecule has 0 aromatic rings. The zero-order valence-electron chi connectivity index (χ0n) is 16.7. The molecule has 12 heteroatoms. The topological polar surface area (TPSA) is 188 Å². The van der Waals surface area contributed by atoms with Crippen LogP contribution in [0.25, 0.3) is 0 Å². The summed E-state index contributed by atoms with van der Waals surface area (Å²) in [5, 5.41) is 24.7. The number of aliphatic carboxylic acids is 2. The highest BCUT2D eigenvalue weighted by Gasteiger charge is 2.29. The Hall–Kier alpha value is -2.34. The lowest BCUT2D eigenvalue weighted by atomic mass is 10.0. The smallest absolute Gasteiger partial charge is 0.325 e. The van der Waals surface area contributed by atoms with Crippen LogP contribution in [0.1, 0.15) is 40.0 Å². The second-order valence-electron chi connectivity index (χ2n) is 7.04. The molecule has 0 aliphatic heterocycles. The number of hydrogen-bond donors (Lipinski definition) is 7. The van der Waals surface area contributed by atoms with Gasteiger partial charge in [0.1, 0.15) is 18.1 Å². The summed E-state index contributed by atoms with van der Waals surface area (Å²) in [6.45, 7) is 5.00. The number of thiol groups is 1. The van der Waals surface area contributed by atoms with Gasteiger partial charge in [0, 0.05) is 12.2 Å². The number of nitrogens with one attached hydrogen (secondary N) is 3. The van der Waals surface area contributed by atoms with Crippen molar-refractivity contribution in [2.24, 2.45) is 11.7 Å². The summed E-state index contributed by atoms with van der Waals surface area (Å²) in [6, 6.07) is -4.47. The zero-order valence-corrected chi connectivity index (χ0v) is 17.6. The van der Waals surface area contributed by atoms with Crippen molar-refractivity contribution in [3.63, 3.8) is 0 Å². The second kappa shape index (κ2) is 13.0. The molecule has 29 heavy (non-hydrogen) atoms. The minimum atomic E-state index is -1.30. The van der Waals surface area contributed by atoms with Gasteiger partial charge in [0.05, 0.1) is 6.04 Å². The van der Waals surface area contributed by atoms with Crippen molar-refractivity contribution in [1.29, 1.82) is 0 Å². The van der Waals surface area contributed by atoms with E-state index in [9.17, 15) is 24.0 Å². The number of rotatable bonds is 13. The molecule has 0 aliphatic carbocycles. The fraction of sp³-hybridized carbons (Fsp3) is 0.706. The van der Waals surface area contributed by atoms with Crippen LogP contribution in [0.5, 0.6) is 0 Å². The molecule has 0 fully saturated rings. The fourth-order valence-corrected chi connectivity index (χ4v) is 2.53. The number of nitrogens with two attached hydrogens (primary N) is 1. The lowest BCUT2D eigenvalue weighted by Crippen LogP contribution is -2.57. The van der Waals surface area contributed by atoms with Crippen LogP contribution in [0.3, 0.4) is 0 Å². The maximum absolute atomic E-state index is 12.5. The Bertz CT molecular complexity index is 615. The molecule has 4 unspecified atom stereocenters. The van der Waals surface area contributed by atoms with Gasteiger partial charge in [0.15, 0.2) is 0 Å². The van der Waals surface area contributed by atoms with Gasteiger partial charge in [-0.15, -0.1) is 0 Å². The summed E-state index contributed by atoms with van der Waals surface area (Å²) < 4.78 is 0. The number of carboxylic acid groups (broad SMARTS) is 2. The normalized spacial score (nSPS) is 15.0. The maximum atomic E-state index is 12.5. The lowest BCUT2D eigenvalue weighted by Gasteiger charge is -2.24. The van der Waals surface area contributed by atoms with Crippen molar-refractivity contribution < 1.29 is 34.2 Å². The van der Waals surface area contributed by atoms with Crippen LogP contribution in [0.4, 0.5) is 0 Å². The highest BCUT2D eigenvalue weighted by Crippen LogP contribution is 2.04. The Balaban J connectivity index is 5.13. The summed E-state index contributed by atoms with van der Waals surface area (Å²) in [6.07, 6.45) is -0.292. The third-order valence-corrected chi connectivity index (χ3v) is 4.25. The highest BCUT2D eigenvalue weighted by atomic mass is 32.1. The van der Waals surface area contributed by atoms with Crippen molar-refractivity contribution in [1.82, 2.24) is 16.0 Å². The molecule has 0 rings (SSSR count). The largest absolute Gasteiger partial charge is 0.481 e. The third-order valence-electron chi connectivity index (χ3n) is 3.89. The Morgan fingerprint density at radius 3 is 1.86 bits per heavy atom. The van der Waals surface area contributed by atoms with E-state index in [4.69, 9.17) is 15.9 Å². The van der Waals surface area contributed by atoms with Crippen molar-refractivity contribution >= 4 is 42.3 Å². The van der Waals surface area contributed by atoms with Crippen molar-refractivity contribution in [2.75, 3.05) is 5.75 Å². The van der Waals surface area contributed by atoms with E-state index in [-0.39, 0.29) is 18.1 Å². The van der Waals surface area contributed by atoms with Crippen LogP contribution in [-0.2, 0) is 24.0 Å². The van der Waals surface area contributed by atoms with Gasteiger partial charge in [0.25, 0.3) is 0 Å². The van der Waals surface area contributed by atoms with E-state index in [0.29, 0.717) is 6.42 Å². The minimum Gasteiger partial charge on any atom is -0.481 e. The van der Waals surface area contributed by atoms with Gasteiger partial charge >= 0.3 is 11.9 Å². The van der Waals surface area contributed by atoms with Crippen LogP contribution >= 0.6 is 12.6 Å². The Morgan fingerprint density at radius 2 is 1.41 bits per heavy atom. The number of carbonyl (C=O) groups excluding carboxylic acids is 3. The van der Waals surface area contributed by atoms with E-state index in [2.05, 4.69) is 28.6 Å².